The first-order valence-electron chi connectivity index (χ1n) is 4.96. The Morgan fingerprint density at radius 2 is 2.12 bits per heavy atom. The lowest BCUT2D eigenvalue weighted by Gasteiger charge is -2.00. The normalized spacial score (nSPS) is 11.8. The highest BCUT2D eigenvalue weighted by molar-refractivity contribution is 7.90. The third kappa shape index (κ3) is 2.31. The van der Waals surface area contributed by atoms with Crippen LogP contribution in [0.2, 0.25) is 0 Å². The molecule has 0 aliphatic heterocycles. The third-order valence-corrected chi connectivity index (χ3v) is 3.64. The number of hydrogen-bond donors (Lipinski definition) is 2. The summed E-state index contributed by atoms with van der Waals surface area (Å²) < 4.78 is 22.9. The Bertz CT molecular complexity index is 686. The van der Waals surface area contributed by atoms with E-state index in [9.17, 15) is 13.2 Å². The van der Waals surface area contributed by atoms with Gasteiger partial charge in [-0.2, -0.15) is 0 Å². The maximum Gasteiger partial charge on any atom is 0.221 e. The molecule has 0 unspecified atom stereocenters. The zero-order valence-electron chi connectivity index (χ0n) is 9.23. The number of aromatic nitrogens is 1. The highest BCUT2D eigenvalue weighted by Crippen LogP contribution is 2.22. The van der Waals surface area contributed by atoms with Crippen molar-refractivity contribution in [1.29, 1.82) is 0 Å². The van der Waals surface area contributed by atoms with Crippen molar-refractivity contribution in [2.75, 3.05) is 6.26 Å². The molecular formula is C11H12N2O3S. The highest BCUT2D eigenvalue weighted by atomic mass is 32.2. The van der Waals surface area contributed by atoms with Crippen molar-refractivity contribution >= 4 is 26.6 Å². The third-order valence-electron chi connectivity index (χ3n) is 2.53. The standard InChI is InChI=1S/C11H12N2O3S/c1-17(15,16)8-2-3-10-9(5-8)7(6-13-10)4-11(12)14/h2-3,5-6,13H,4H2,1H3,(H2,12,14). The average molecular weight is 252 g/mol. The second-order valence-electron chi connectivity index (χ2n) is 3.94. The smallest absolute Gasteiger partial charge is 0.221 e. The molecule has 6 heteroatoms. The van der Waals surface area contributed by atoms with E-state index in [1.165, 1.54) is 6.07 Å². The molecule has 1 aromatic heterocycles. The van der Waals surface area contributed by atoms with Crippen LogP contribution in [0, 0.1) is 0 Å². The summed E-state index contributed by atoms with van der Waals surface area (Å²) in [7, 11) is -3.25. The lowest BCUT2D eigenvalue weighted by atomic mass is 10.1. The molecule has 0 radical (unpaired) electrons. The molecule has 0 bridgehead atoms. The van der Waals surface area contributed by atoms with Crippen molar-refractivity contribution < 1.29 is 13.2 Å². The number of primary amides is 1. The monoisotopic (exact) mass is 252 g/mol. The van der Waals surface area contributed by atoms with Gasteiger partial charge in [0.1, 0.15) is 0 Å². The lowest BCUT2D eigenvalue weighted by Crippen LogP contribution is -2.13. The molecule has 1 aromatic carbocycles. The maximum absolute atomic E-state index is 11.4. The summed E-state index contributed by atoms with van der Waals surface area (Å²) in [5.41, 5.74) is 6.62. The fourth-order valence-corrected chi connectivity index (χ4v) is 2.37. The van der Waals surface area contributed by atoms with Crippen LogP contribution in [0.3, 0.4) is 0 Å². The number of rotatable bonds is 3. The molecule has 0 aliphatic carbocycles. The van der Waals surface area contributed by atoms with Crippen molar-refractivity contribution in [3.8, 4) is 0 Å². The number of amides is 1. The van der Waals surface area contributed by atoms with Gasteiger partial charge in [-0.3, -0.25) is 4.79 Å². The molecule has 0 aliphatic rings. The van der Waals surface area contributed by atoms with Gasteiger partial charge in [0.2, 0.25) is 5.91 Å². The van der Waals surface area contributed by atoms with Crippen molar-refractivity contribution in [3.63, 3.8) is 0 Å². The molecule has 90 valence electrons. The summed E-state index contributed by atoms with van der Waals surface area (Å²) in [5.74, 6) is -0.448. The summed E-state index contributed by atoms with van der Waals surface area (Å²) >= 11 is 0. The molecule has 1 amide bonds. The topological polar surface area (TPSA) is 93.0 Å². The molecule has 2 rings (SSSR count). The van der Waals surface area contributed by atoms with Crippen molar-refractivity contribution in [1.82, 2.24) is 4.98 Å². The van der Waals surface area contributed by atoms with Crippen LogP contribution in [-0.2, 0) is 21.1 Å². The van der Waals surface area contributed by atoms with E-state index in [-0.39, 0.29) is 11.3 Å². The highest BCUT2D eigenvalue weighted by Gasteiger charge is 2.11. The summed E-state index contributed by atoms with van der Waals surface area (Å²) in [6, 6.07) is 4.76. The van der Waals surface area contributed by atoms with Gasteiger partial charge in [-0.25, -0.2) is 8.42 Å². The number of fused-ring (bicyclic) bond motifs is 1. The predicted octanol–water partition coefficient (Wildman–Crippen LogP) is 0.599. The van der Waals surface area contributed by atoms with Gasteiger partial charge >= 0.3 is 0 Å². The molecular weight excluding hydrogens is 240 g/mol. The fraction of sp³-hybridized carbons (Fsp3) is 0.182. The second-order valence-corrected chi connectivity index (χ2v) is 5.95. The Kier molecular flexibility index (Phi) is 2.66. The van der Waals surface area contributed by atoms with Crippen molar-refractivity contribution in [2.24, 2.45) is 5.73 Å². The van der Waals surface area contributed by atoms with Crippen LogP contribution in [0.25, 0.3) is 10.9 Å². The maximum atomic E-state index is 11.4. The Morgan fingerprint density at radius 3 is 2.71 bits per heavy atom. The van der Waals surface area contributed by atoms with E-state index in [0.29, 0.717) is 10.9 Å². The van der Waals surface area contributed by atoms with E-state index in [1.807, 2.05) is 0 Å². The number of carbonyl (C=O) groups excluding carboxylic acids is 1. The van der Waals surface area contributed by atoms with Crippen LogP contribution < -0.4 is 5.73 Å². The van der Waals surface area contributed by atoms with Gasteiger partial charge in [-0.05, 0) is 23.8 Å². The van der Waals surface area contributed by atoms with E-state index >= 15 is 0 Å². The molecule has 0 saturated heterocycles. The van der Waals surface area contributed by atoms with E-state index in [4.69, 9.17) is 5.73 Å². The molecule has 0 fully saturated rings. The number of nitrogens with one attached hydrogen (secondary N) is 1. The average Bonchev–Trinajstić information content (AvgIpc) is 2.59. The van der Waals surface area contributed by atoms with Crippen LogP contribution in [0.5, 0.6) is 0 Å². The summed E-state index contributed by atoms with van der Waals surface area (Å²) in [4.78, 5) is 14.1. The van der Waals surface area contributed by atoms with Gasteiger partial charge in [-0.1, -0.05) is 0 Å². The number of benzene rings is 1. The predicted molar refractivity (Wildman–Crippen MR) is 64.3 cm³/mol. The van der Waals surface area contributed by atoms with Gasteiger partial charge in [0, 0.05) is 23.4 Å². The summed E-state index contributed by atoms with van der Waals surface area (Å²) in [6.07, 6.45) is 2.91. The number of carbonyl (C=O) groups is 1. The van der Waals surface area contributed by atoms with Crippen molar-refractivity contribution in [3.05, 3.63) is 30.0 Å². The minimum Gasteiger partial charge on any atom is -0.369 e. The van der Waals surface area contributed by atoms with Gasteiger partial charge in [0.15, 0.2) is 9.84 Å². The minimum absolute atomic E-state index is 0.0905. The first-order chi connectivity index (χ1) is 7.88. The largest absolute Gasteiger partial charge is 0.369 e. The molecule has 17 heavy (non-hydrogen) atoms. The van der Waals surface area contributed by atoms with Crippen LogP contribution in [-0.4, -0.2) is 25.6 Å². The van der Waals surface area contributed by atoms with E-state index < -0.39 is 15.7 Å². The van der Waals surface area contributed by atoms with Gasteiger partial charge in [0.25, 0.3) is 0 Å². The second kappa shape index (κ2) is 3.89. The molecule has 2 aromatic rings. The van der Waals surface area contributed by atoms with Crippen LogP contribution in [0.15, 0.2) is 29.3 Å². The Labute approximate surface area is 98.5 Å². The van der Waals surface area contributed by atoms with Gasteiger partial charge in [-0.15, -0.1) is 0 Å². The Balaban J connectivity index is 2.62. The van der Waals surface area contributed by atoms with E-state index in [1.54, 1.807) is 18.3 Å². The minimum atomic E-state index is -3.25. The van der Waals surface area contributed by atoms with E-state index in [2.05, 4.69) is 4.98 Å². The fourth-order valence-electron chi connectivity index (χ4n) is 1.72. The molecule has 1 heterocycles. The zero-order valence-corrected chi connectivity index (χ0v) is 10.0. The van der Waals surface area contributed by atoms with Gasteiger partial charge in [0.05, 0.1) is 11.3 Å². The van der Waals surface area contributed by atoms with Gasteiger partial charge < -0.3 is 10.7 Å². The summed E-state index contributed by atoms with van der Waals surface area (Å²) in [6.45, 7) is 0. The molecule has 5 nitrogen and oxygen atoms in total. The van der Waals surface area contributed by atoms with Crippen LogP contribution in [0.1, 0.15) is 5.56 Å². The number of aromatic amines is 1. The zero-order chi connectivity index (χ0) is 12.6. The first kappa shape index (κ1) is 11.7. The molecule has 0 saturated carbocycles. The lowest BCUT2D eigenvalue weighted by molar-refractivity contribution is -0.117. The Morgan fingerprint density at radius 1 is 1.41 bits per heavy atom. The molecule has 0 spiro atoms. The van der Waals surface area contributed by atoms with Crippen molar-refractivity contribution in [2.45, 2.75) is 11.3 Å². The SMILES string of the molecule is CS(=O)(=O)c1ccc2[nH]cc(CC(N)=O)c2c1. The molecule has 3 N–H and O–H groups in total. The van der Waals surface area contributed by atoms with E-state index in [0.717, 1.165) is 11.8 Å². The number of hydrogen-bond acceptors (Lipinski definition) is 3. The summed E-state index contributed by atoms with van der Waals surface area (Å²) in [5, 5.41) is 0.715. The number of H-pyrrole nitrogens is 1. The quantitative estimate of drug-likeness (QED) is 0.837. The number of sulfone groups is 1. The van der Waals surface area contributed by atoms with Crippen LogP contribution in [0.4, 0.5) is 0 Å². The number of nitrogens with two attached hydrogens (primary N) is 1. The Hall–Kier alpha value is -1.82. The molecule has 0 atom stereocenters. The first-order valence-corrected chi connectivity index (χ1v) is 6.85. The van der Waals surface area contributed by atoms with Crippen LogP contribution >= 0.6 is 0 Å².